The van der Waals surface area contributed by atoms with Crippen molar-refractivity contribution in [3.8, 4) is 11.5 Å². The molecule has 16 nitrogen and oxygen atoms in total. The minimum absolute atomic E-state index is 0.0601. The van der Waals surface area contributed by atoms with E-state index in [1.54, 1.807) is 31.3 Å². The summed E-state index contributed by atoms with van der Waals surface area (Å²) < 4.78 is 48.8. The number of piperidine rings is 1. The van der Waals surface area contributed by atoms with E-state index in [0.29, 0.717) is 54.2 Å². The third kappa shape index (κ3) is 9.74. The Balaban J connectivity index is 0.899. The Labute approximate surface area is 388 Å². The molecule has 2 saturated carbocycles. The first-order valence-electron chi connectivity index (χ1n) is 22.9. The van der Waals surface area contributed by atoms with Gasteiger partial charge in [0, 0.05) is 61.6 Å². The first-order valence-corrected chi connectivity index (χ1v) is 25.9. The smallest absolute Gasteiger partial charge is 0.312 e. The molecule has 4 N–H and O–H groups in total. The number of aliphatic hydroxyl groups is 1. The van der Waals surface area contributed by atoms with E-state index in [2.05, 4.69) is 72.9 Å². The summed E-state index contributed by atoms with van der Waals surface area (Å²) >= 11 is -0.842. The molecule has 4 fully saturated rings. The van der Waals surface area contributed by atoms with Gasteiger partial charge in [-0.1, -0.05) is 49.3 Å². The van der Waals surface area contributed by atoms with E-state index in [-0.39, 0.29) is 34.5 Å². The maximum Gasteiger partial charge on any atom is 0.312 e. The summed E-state index contributed by atoms with van der Waals surface area (Å²) in [5.74, 6) is 1.29. The van der Waals surface area contributed by atoms with Crippen LogP contribution in [0.3, 0.4) is 0 Å². The third-order valence-electron chi connectivity index (χ3n) is 14.4. The number of nitrogens with zero attached hydrogens (tertiary/aromatic N) is 5. The first kappa shape index (κ1) is 45.9. The van der Waals surface area contributed by atoms with Crippen LogP contribution in [0.15, 0.2) is 84.1 Å². The molecule has 2 atom stereocenters. The fourth-order valence-corrected chi connectivity index (χ4v) is 12.7. The quantitative estimate of drug-likeness (QED) is 0.0504. The number of nitro groups is 1. The van der Waals surface area contributed by atoms with Crippen LogP contribution in [-0.2, 0) is 21.2 Å². The number of amides is 1. The molecule has 2 aliphatic heterocycles. The molecule has 2 saturated heterocycles. The number of aromatic nitrogens is 3. The number of fused-ring (bicyclic) bond motifs is 1. The zero-order chi connectivity index (χ0) is 46.4. The van der Waals surface area contributed by atoms with Crippen molar-refractivity contribution in [3.63, 3.8) is 0 Å². The van der Waals surface area contributed by atoms with Crippen molar-refractivity contribution in [2.45, 2.75) is 101 Å². The van der Waals surface area contributed by atoms with E-state index in [1.165, 1.54) is 23.4 Å². The molecule has 9 rings (SSSR count). The van der Waals surface area contributed by atoms with Gasteiger partial charge in [0.2, 0.25) is 5.82 Å². The van der Waals surface area contributed by atoms with E-state index >= 15 is 0 Å². The van der Waals surface area contributed by atoms with Crippen molar-refractivity contribution in [1.82, 2.24) is 24.6 Å². The van der Waals surface area contributed by atoms with Crippen molar-refractivity contribution in [3.05, 3.63) is 106 Å². The Morgan fingerprint density at radius 2 is 1.79 bits per heavy atom. The maximum absolute atomic E-state index is 14.0. The van der Waals surface area contributed by atoms with E-state index in [9.17, 15) is 33.0 Å². The fraction of sp³-hybridized carbons (Fsp3) is 0.479. The van der Waals surface area contributed by atoms with Crippen molar-refractivity contribution in [2.24, 2.45) is 11.3 Å². The molecule has 5 heterocycles. The number of benzene rings is 2. The molecule has 2 aliphatic carbocycles. The van der Waals surface area contributed by atoms with E-state index in [1.807, 2.05) is 6.07 Å². The molecule has 66 heavy (non-hydrogen) atoms. The predicted octanol–water partition coefficient (Wildman–Crippen LogP) is 7.81. The predicted molar refractivity (Wildman–Crippen MR) is 254 cm³/mol. The Hall–Kier alpha value is -5.27. The summed E-state index contributed by atoms with van der Waals surface area (Å²) in [6.07, 6.45) is 11.1. The molecule has 350 valence electrons. The highest BCUT2D eigenvalue weighted by Crippen LogP contribution is 2.53. The summed E-state index contributed by atoms with van der Waals surface area (Å²) in [4.78, 5) is 41.3. The van der Waals surface area contributed by atoms with Crippen LogP contribution in [0.2, 0.25) is 0 Å². The van der Waals surface area contributed by atoms with Crippen LogP contribution in [0.1, 0.15) is 106 Å². The number of hydrogen-bond donors (Lipinski definition) is 4. The second kappa shape index (κ2) is 18.4. The summed E-state index contributed by atoms with van der Waals surface area (Å²) in [6.45, 7) is 9.01. The van der Waals surface area contributed by atoms with Gasteiger partial charge in [0.1, 0.15) is 33.5 Å². The number of sulfonamides is 1. The van der Waals surface area contributed by atoms with Crippen molar-refractivity contribution in [1.29, 1.82) is 0 Å². The highest BCUT2D eigenvalue weighted by atomic mass is 32.2. The normalized spacial score (nSPS) is 23.7. The maximum atomic E-state index is 14.0. The zero-order valence-electron chi connectivity index (χ0n) is 37.6. The van der Waals surface area contributed by atoms with Gasteiger partial charge >= 0.3 is 5.69 Å². The molecule has 4 aliphatic rings. The van der Waals surface area contributed by atoms with Crippen LogP contribution >= 0.6 is 0 Å². The molecule has 2 aromatic carbocycles. The Morgan fingerprint density at radius 3 is 2.53 bits per heavy atom. The molecule has 3 aromatic heterocycles. The van der Waals surface area contributed by atoms with Gasteiger partial charge in [-0.25, -0.2) is 23.1 Å². The van der Waals surface area contributed by atoms with Gasteiger partial charge in [-0.05, 0) is 111 Å². The van der Waals surface area contributed by atoms with Gasteiger partial charge in [-0.3, -0.25) is 19.8 Å². The average Bonchev–Trinajstić information content (AvgIpc) is 3.76. The van der Waals surface area contributed by atoms with Crippen LogP contribution < -0.4 is 19.7 Å². The molecule has 0 bridgehead atoms. The van der Waals surface area contributed by atoms with Crippen LogP contribution in [0.5, 0.6) is 11.5 Å². The summed E-state index contributed by atoms with van der Waals surface area (Å²) in [7, 11) is -4.64. The first-order chi connectivity index (χ1) is 31.6. The van der Waals surface area contributed by atoms with E-state index in [0.717, 1.165) is 81.5 Å². The number of aromatic amines is 1. The lowest BCUT2D eigenvalue weighted by Gasteiger charge is -2.57. The second-order valence-electron chi connectivity index (χ2n) is 19.3. The van der Waals surface area contributed by atoms with Gasteiger partial charge in [0.25, 0.3) is 15.9 Å². The van der Waals surface area contributed by atoms with Gasteiger partial charge in [-0.15, -0.1) is 0 Å². The van der Waals surface area contributed by atoms with Crippen molar-refractivity contribution in [2.75, 3.05) is 47.9 Å². The molecule has 1 spiro atoms. The van der Waals surface area contributed by atoms with Crippen molar-refractivity contribution >= 4 is 55.3 Å². The molecule has 5 aromatic rings. The SMILES string of the molecule is CC(C)c1ccccc1[C@H]1C[S+]([O-])CCN1C1CC2(CCN(c3ccc(C(=O)NS(=O)(=O)c4cnc(NC[C@H]5CC[C@](C)(O)CC5)c([N+](=O)[O-])c4)c(Oc4cnc5[nH]ccc5c4)c3)CC2)C1. The number of pyridine rings is 2. The number of anilines is 2. The minimum Gasteiger partial charge on any atom is -0.616 e. The molecular weight excluding hydrogens is 881 g/mol. The number of rotatable bonds is 13. The lowest BCUT2D eigenvalue weighted by Crippen LogP contribution is -2.58. The third-order valence-corrected chi connectivity index (χ3v) is 17.0. The van der Waals surface area contributed by atoms with Gasteiger partial charge in [-0.2, -0.15) is 0 Å². The summed E-state index contributed by atoms with van der Waals surface area (Å²) in [5, 5.41) is 26.2. The molecular formula is C48H58N8O8S2. The highest BCUT2D eigenvalue weighted by Gasteiger charge is 2.51. The zero-order valence-corrected chi connectivity index (χ0v) is 39.2. The lowest BCUT2D eigenvalue weighted by atomic mass is 9.59. The molecule has 0 radical (unpaired) electrons. The number of ether oxygens (including phenoxy) is 1. The van der Waals surface area contributed by atoms with E-state index in [4.69, 9.17) is 4.74 Å². The monoisotopic (exact) mass is 938 g/mol. The molecule has 1 amide bonds. The standard InChI is InChI=1S/C48H58N8O8S2/c1-31(2)38-6-4-5-7-39(38)42-30-65(61)21-20-55(42)35-25-48(26-35)15-18-54(19-16-48)34-8-9-40(43(23-34)64-36-22-33-12-17-49-44(33)51-28-36)46(57)53-66(62,63)37-24-41(56(59)60)45(52-29-37)50-27-32-10-13-47(3,58)14-11-32/h4-9,12,17,22-24,28-29,31-32,35,42,58H,10-11,13-16,18-21,25-27,30H2,1-3H3,(H,49,51)(H,50,52)(H,53,57)/t32-,42-,47-,65?/m1/s1. The number of H-pyrrole nitrogens is 1. The number of hydrogen-bond acceptors (Lipinski definition) is 13. The van der Waals surface area contributed by atoms with Crippen LogP contribution in [0.4, 0.5) is 17.2 Å². The Kier molecular flexibility index (Phi) is 12.8. The fourth-order valence-electron chi connectivity index (χ4n) is 10.5. The van der Waals surface area contributed by atoms with Crippen LogP contribution in [-0.4, -0.2) is 98.1 Å². The van der Waals surface area contributed by atoms with E-state index < -0.39 is 48.2 Å². The number of nitrogens with one attached hydrogen (secondary N) is 3. The largest absolute Gasteiger partial charge is 0.616 e. The minimum atomic E-state index is -4.64. The highest BCUT2D eigenvalue weighted by molar-refractivity contribution is 7.91. The van der Waals surface area contributed by atoms with Gasteiger partial charge in [0.05, 0.1) is 34.5 Å². The molecule has 1 unspecified atom stereocenters. The second-order valence-corrected chi connectivity index (χ2v) is 22.6. The van der Waals surface area contributed by atoms with Crippen LogP contribution in [0, 0.1) is 21.4 Å². The number of carbonyl (C=O) groups is 1. The Bertz CT molecular complexity index is 2700. The van der Waals surface area contributed by atoms with Gasteiger partial charge in [0.15, 0.2) is 0 Å². The summed E-state index contributed by atoms with van der Waals surface area (Å²) in [6, 6.07) is 18.8. The average molecular weight is 939 g/mol. The molecule has 18 heteroatoms. The van der Waals surface area contributed by atoms with Gasteiger partial charge < -0.3 is 29.6 Å². The van der Waals surface area contributed by atoms with Crippen molar-refractivity contribution < 1.29 is 32.5 Å². The topological polar surface area (TPSA) is 219 Å². The summed E-state index contributed by atoms with van der Waals surface area (Å²) in [5.41, 5.74) is 2.98. The number of carbonyl (C=O) groups excluding carboxylic acids is 1. The lowest BCUT2D eigenvalue weighted by molar-refractivity contribution is -0.384. The van der Waals surface area contributed by atoms with Crippen LogP contribution in [0.25, 0.3) is 11.0 Å². The Morgan fingerprint density at radius 1 is 1.03 bits per heavy atom.